The first-order chi connectivity index (χ1) is 16.6. The number of aromatic nitrogens is 1. The first-order valence-corrected chi connectivity index (χ1v) is 13.8. The topological polar surface area (TPSA) is 60.9 Å². The molecule has 6 nitrogen and oxygen atoms in total. The number of amides is 1. The molecule has 0 bridgehead atoms. The molecule has 192 valence electrons. The third kappa shape index (κ3) is 6.63. The van der Waals surface area contributed by atoms with E-state index in [4.69, 9.17) is 14.2 Å². The summed E-state index contributed by atoms with van der Waals surface area (Å²) in [5.41, 5.74) is -0.309. The zero-order chi connectivity index (χ0) is 25.1. The van der Waals surface area contributed by atoms with Crippen molar-refractivity contribution in [3.63, 3.8) is 0 Å². The molecule has 1 aliphatic heterocycles. The summed E-state index contributed by atoms with van der Waals surface area (Å²) in [5, 5.41) is 2.84. The summed E-state index contributed by atoms with van der Waals surface area (Å²) < 4.78 is 19.1. The van der Waals surface area contributed by atoms with E-state index in [0.29, 0.717) is 12.5 Å². The van der Waals surface area contributed by atoms with Gasteiger partial charge in [-0.15, -0.1) is 11.3 Å². The van der Waals surface area contributed by atoms with Gasteiger partial charge in [-0.2, -0.15) is 0 Å². The fraction of sp³-hybridized carbons (Fsp3) is 0.643. The summed E-state index contributed by atoms with van der Waals surface area (Å²) in [7, 11) is 0. The van der Waals surface area contributed by atoms with E-state index < -0.39 is 11.3 Å². The molecule has 3 atom stereocenters. The van der Waals surface area contributed by atoms with Gasteiger partial charge in [0, 0.05) is 11.6 Å². The number of rotatable bonds is 7. The molecule has 2 fully saturated rings. The molecule has 1 saturated heterocycles. The van der Waals surface area contributed by atoms with Crippen molar-refractivity contribution in [2.75, 3.05) is 0 Å². The Bertz CT molecular complexity index is 936. The predicted molar refractivity (Wildman–Crippen MR) is 138 cm³/mol. The first kappa shape index (κ1) is 26.1. The third-order valence-electron chi connectivity index (χ3n) is 6.87. The van der Waals surface area contributed by atoms with Gasteiger partial charge < -0.3 is 14.2 Å². The Kier molecular flexibility index (Phi) is 8.19. The van der Waals surface area contributed by atoms with Crippen LogP contribution in [-0.4, -0.2) is 39.4 Å². The number of hydrogen-bond donors (Lipinski definition) is 0. The summed E-state index contributed by atoms with van der Waals surface area (Å²) in [6, 6.07) is 10.00. The molecule has 2 aromatic rings. The van der Waals surface area contributed by atoms with Crippen LogP contribution in [0.5, 0.6) is 0 Å². The number of thiazole rings is 1. The van der Waals surface area contributed by atoms with E-state index in [2.05, 4.69) is 17.1 Å². The van der Waals surface area contributed by atoms with Crippen LogP contribution in [0.25, 0.3) is 0 Å². The lowest BCUT2D eigenvalue weighted by atomic mass is 9.83. The molecule has 0 radical (unpaired) electrons. The number of benzene rings is 1. The van der Waals surface area contributed by atoms with Gasteiger partial charge in [0.2, 0.25) is 0 Å². The van der Waals surface area contributed by atoms with E-state index in [1.807, 2.05) is 63.1 Å². The minimum Gasteiger partial charge on any atom is -0.444 e. The zero-order valence-electron chi connectivity index (χ0n) is 21.7. The molecule has 1 aliphatic carbocycles. The SMILES string of the molecule is CC(C)(C)OC(=O)N1[C@@H](CC2CCCCC2)[C@H]([C@@H](OCc2ccccc2)c2nccs2)OC1(C)C. The Labute approximate surface area is 214 Å². The Balaban J connectivity index is 1.65. The highest BCUT2D eigenvalue weighted by molar-refractivity contribution is 7.09. The minimum atomic E-state index is -0.821. The van der Waals surface area contributed by atoms with Crippen LogP contribution in [0.2, 0.25) is 0 Å². The quantitative estimate of drug-likeness (QED) is 0.405. The fourth-order valence-electron chi connectivity index (χ4n) is 5.39. The van der Waals surface area contributed by atoms with Crippen molar-refractivity contribution in [1.82, 2.24) is 9.88 Å². The second kappa shape index (κ2) is 11.0. The van der Waals surface area contributed by atoms with Gasteiger partial charge in [0.05, 0.1) is 12.6 Å². The Morgan fingerprint density at radius 2 is 1.91 bits per heavy atom. The molecule has 1 saturated carbocycles. The van der Waals surface area contributed by atoms with Crippen LogP contribution in [0.4, 0.5) is 4.79 Å². The molecular formula is C28H40N2O4S. The molecule has 2 heterocycles. The first-order valence-electron chi connectivity index (χ1n) is 12.9. The van der Waals surface area contributed by atoms with Gasteiger partial charge in [-0.1, -0.05) is 62.4 Å². The van der Waals surface area contributed by atoms with Crippen molar-refractivity contribution in [2.45, 2.75) is 109 Å². The van der Waals surface area contributed by atoms with Crippen LogP contribution in [0.1, 0.15) is 89.8 Å². The molecular weight excluding hydrogens is 460 g/mol. The molecule has 0 N–H and O–H groups in total. The number of hydrogen-bond acceptors (Lipinski definition) is 6. The molecule has 0 unspecified atom stereocenters. The Morgan fingerprint density at radius 3 is 2.54 bits per heavy atom. The van der Waals surface area contributed by atoms with Gasteiger partial charge >= 0.3 is 6.09 Å². The van der Waals surface area contributed by atoms with E-state index in [0.717, 1.165) is 17.0 Å². The van der Waals surface area contributed by atoms with Crippen molar-refractivity contribution in [3.8, 4) is 0 Å². The van der Waals surface area contributed by atoms with E-state index in [1.54, 1.807) is 17.5 Å². The van der Waals surface area contributed by atoms with E-state index in [-0.39, 0.29) is 24.3 Å². The smallest absolute Gasteiger partial charge is 0.412 e. The van der Waals surface area contributed by atoms with Crippen molar-refractivity contribution in [1.29, 1.82) is 0 Å². The van der Waals surface area contributed by atoms with Crippen LogP contribution >= 0.6 is 11.3 Å². The summed E-state index contributed by atoms with van der Waals surface area (Å²) in [5.74, 6) is 0.560. The van der Waals surface area contributed by atoms with Crippen LogP contribution in [0.3, 0.4) is 0 Å². The Hall–Kier alpha value is -1.96. The average molecular weight is 501 g/mol. The zero-order valence-corrected chi connectivity index (χ0v) is 22.6. The lowest BCUT2D eigenvalue weighted by Crippen LogP contribution is -2.51. The fourth-order valence-corrected chi connectivity index (χ4v) is 6.11. The maximum atomic E-state index is 13.5. The third-order valence-corrected chi connectivity index (χ3v) is 7.71. The number of ether oxygens (including phenoxy) is 3. The van der Waals surface area contributed by atoms with Crippen LogP contribution in [0.15, 0.2) is 41.9 Å². The maximum absolute atomic E-state index is 13.5. The second-order valence-electron chi connectivity index (χ2n) is 11.3. The van der Waals surface area contributed by atoms with E-state index in [9.17, 15) is 4.79 Å². The van der Waals surface area contributed by atoms with Gasteiger partial charge in [0.1, 0.15) is 28.5 Å². The molecule has 1 amide bonds. The van der Waals surface area contributed by atoms with Crippen LogP contribution in [0, 0.1) is 5.92 Å². The van der Waals surface area contributed by atoms with Crippen LogP contribution in [-0.2, 0) is 20.8 Å². The normalized spacial score (nSPS) is 23.9. The summed E-state index contributed by atoms with van der Waals surface area (Å²) in [4.78, 5) is 20.0. The number of carbonyl (C=O) groups is 1. The van der Waals surface area contributed by atoms with Crippen molar-refractivity contribution in [3.05, 3.63) is 52.5 Å². The van der Waals surface area contributed by atoms with Crippen molar-refractivity contribution < 1.29 is 19.0 Å². The van der Waals surface area contributed by atoms with Gasteiger partial charge in [-0.25, -0.2) is 9.78 Å². The monoisotopic (exact) mass is 500 g/mol. The maximum Gasteiger partial charge on any atom is 0.412 e. The van der Waals surface area contributed by atoms with Crippen LogP contribution < -0.4 is 0 Å². The molecule has 7 heteroatoms. The lowest BCUT2D eigenvalue weighted by Gasteiger charge is -2.37. The summed E-state index contributed by atoms with van der Waals surface area (Å²) in [6.07, 6.45) is 7.82. The molecule has 0 spiro atoms. The van der Waals surface area contributed by atoms with E-state index >= 15 is 0 Å². The number of nitrogens with zero attached hydrogens (tertiary/aromatic N) is 2. The summed E-state index contributed by atoms with van der Waals surface area (Å²) >= 11 is 1.57. The van der Waals surface area contributed by atoms with Gasteiger partial charge in [0.25, 0.3) is 0 Å². The van der Waals surface area contributed by atoms with Gasteiger partial charge in [-0.3, -0.25) is 4.90 Å². The molecule has 2 aliphatic rings. The Morgan fingerprint density at radius 1 is 1.20 bits per heavy atom. The lowest BCUT2D eigenvalue weighted by molar-refractivity contribution is -0.121. The minimum absolute atomic E-state index is 0.160. The second-order valence-corrected chi connectivity index (χ2v) is 12.2. The molecule has 1 aromatic carbocycles. The highest BCUT2D eigenvalue weighted by Gasteiger charge is 2.55. The van der Waals surface area contributed by atoms with Gasteiger partial charge in [0.15, 0.2) is 0 Å². The van der Waals surface area contributed by atoms with Crippen molar-refractivity contribution in [2.24, 2.45) is 5.92 Å². The highest BCUT2D eigenvalue weighted by Crippen LogP contribution is 2.44. The summed E-state index contributed by atoms with van der Waals surface area (Å²) in [6.45, 7) is 10.1. The standard InChI is InChI=1S/C28H40N2O4S/c1-27(2,3)34-26(31)30-22(18-20-12-8-6-9-13-20)23(33-28(30,4)5)24(25-29-16-17-35-25)32-19-21-14-10-7-11-15-21/h7,10-11,14-17,20,22-24H,6,8-9,12-13,18-19H2,1-5H3/t22-,23+,24+/m0/s1. The highest BCUT2D eigenvalue weighted by atomic mass is 32.1. The largest absolute Gasteiger partial charge is 0.444 e. The predicted octanol–water partition coefficient (Wildman–Crippen LogP) is 7.11. The molecule has 4 rings (SSSR count). The molecule has 35 heavy (non-hydrogen) atoms. The van der Waals surface area contributed by atoms with Gasteiger partial charge in [-0.05, 0) is 52.5 Å². The van der Waals surface area contributed by atoms with Crippen molar-refractivity contribution >= 4 is 17.4 Å². The molecule has 1 aromatic heterocycles. The number of carbonyl (C=O) groups excluding carboxylic acids is 1. The average Bonchev–Trinajstić information content (AvgIpc) is 3.41. The van der Waals surface area contributed by atoms with E-state index in [1.165, 1.54) is 32.1 Å².